The number of carbonyl (C=O) groups is 2. The van der Waals surface area contributed by atoms with E-state index in [0.29, 0.717) is 17.0 Å². The molecule has 0 aliphatic rings. The maximum absolute atomic E-state index is 13.6. The van der Waals surface area contributed by atoms with Gasteiger partial charge in [0.25, 0.3) is 5.91 Å². The molecule has 0 spiro atoms. The fourth-order valence-electron chi connectivity index (χ4n) is 2.67. The number of esters is 1. The molecule has 1 unspecified atom stereocenters. The minimum atomic E-state index is -1.21. The zero-order valence-corrected chi connectivity index (χ0v) is 16.2. The summed E-state index contributed by atoms with van der Waals surface area (Å²) in [5.74, 6) is -1.46. The van der Waals surface area contributed by atoms with Crippen LogP contribution in [0.4, 0.5) is 10.1 Å². The molecule has 7 heteroatoms. The van der Waals surface area contributed by atoms with Crippen LogP contribution in [0, 0.1) is 5.82 Å². The molecule has 0 saturated heterocycles. The van der Waals surface area contributed by atoms with E-state index >= 15 is 0 Å². The van der Waals surface area contributed by atoms with Gasteiger partial charge in [-0.1, -0.05) is 48.5 Å². The summed E-state index contributed by atoms with van der Waals surface area (Å²) >= 11 is 0. The third-order valence-electron chi connectivity index (χ3n) is 4.11. The second kappa shape index (κ2) is 10.1. The van der Waals surface area contributed by atoms with Gasteiger partial charge in [0.15, 0.2) is 18.2 Å². The third kappa shape index (κ3) is 5.57. The van der Waals surface area contributed by atoms with Gasteiger partial charge in [-0.2, -0.15) is 0 Å². The molecule has 1 N–H and O–H groups in total. The van der Waals surface area contributed by atoms with Crippen molar-refractivity contribution in [1.82, 2.24) is 0 Å². The number of anilines is 1. The van der Waals surface area contributed by atoms with E-state index < -0.39 is 30.4 Å². The SMILES string of the molecule is COc1cccc(NC(=O)C(OC(=O)COc2ccccc2F)c2ccccc2)c1. The van der Waals surface area contributed by atoms with Crippen LogP contribution in [-0.2, 0) is 14.3 Å². The summed E-state index contributed by atoms with van der Waals surface area (Å²) in [6, 6.07) is 21.1. The van der Waals surface area contributed by atoms with E-state index in [4.69, 9.17) is 14.2 Å². The van der Waals surface area contributed by atoms with Gasteiger partial charge in [0.05, 0.1) is 7.11 Å². The lowest BCUT2D eigenvalue weighted by Crippen LogP contribution is -2.28. The molecular formula is C23H20FNO5. The summed E-state index contributed by atoms with van der Waals surface area (Å²) in [5.41, 5.74) is 0.969. The van der Waals surface area contributed by atoms with E-state index in [-0.39, 0.29) is 5.75 Å². The molecule has 0 aromatic heterocycles. The molecule has 0 saturated carbocycles. The summed E-state index contributed by atoms with van der Waals surface area (Å²) < 4.78 is 29.3. The zero-order chi connectivity index (χ0) is 21.3. The molecule has 3 aromatic carbocycles. The number of halogens is 1. The van der Waals surface area contributed by atoms with Crippen LogP contribution < -0.4 is 14.8 Å². The molecule has 0 bridgehead atoms. The van der Waals surface area contributed by atoms with Crippen molar-refractivity contribution in [3.05, 3.63) is 90.2 Å². The lowest BCUT2D eigenvalue weighted by molar-refractivity contribution is -0.156. The van der Waals surface area contributed by atoms with Crippen molar-refractivity contribution in [2.45, 2.75) is 6.10 Å². The van der Waals surface area contributed by atoms with E-state index in [0.717, 1.165) is 0 Å². The number of para-hydroxylation sites is 1. The number of hydrogen-bond acceptors (Lipinski definition) is 5. The number of hydrogen-bond donors (Lipinski definition) is 1. The van der Waals surface area contributed by atoms with Crippen molar-refractivity contribution in [3.63, 3.8) is 0 Å². The minimum Gasteiger partial charge on any atom is -0.497 e. The van der Waals surface area contributed by atoms with E-state index in [1.54, 1.807) is 60.7 Å². The predicted octanol–water partition coefficient (Wildman–Crippen LogP) is 4.14. The van der Waals surface area contributed by atoms with E-state index in [2.05, 4.69) is 5.32 Å². The van der Waals surface area contributed by atoms with Crippen LogP contribution in [-0.4, -0.2) is 25.6 Å². The van der Waals surface area contributed by atoms with Crippen molar-refractivity contribution in [3.8, 4) is 11.5 Å². The van der Waals surface area contributed by atoms with Gasteiger partial charge < -0.3 is 19.5 Å². The molecule has 6 nitrogen and oxygen atoms in total. The highest BCUT2D eigenvalue weighted by molar-refractivity contribution is 5.96. The van der Waals surface area contributed by atoms with Gasteiger partial charge in [-0.3, -0.25) is 4.79 Å². The van der Waals surface area contributed by atoms with Gasteiger partial charge in [-0.15, -0.1) is 0 Å². The van der Waals surface area contributed by atoms with Crippen LogP contribution in [0.3, 0.4) is 0 Å². The first kappa shape index (κ1) is 20.9. The van der Waals surface area contributed by atoms with E-state index in [9.17, 15) is 14.0 Å². The summed E-state index contributed by atoms with van der Waals surface area (Å²) in [4.78, 5) is 25.1. The average molecular weight is 409 g/mol. The highest BCUT2D eigenvalue weighted by Crippen LogP contribution is 2.23. The van der Waals surface area contributed by atoms with Crippen LogP contribution in [0.15, 0.2) is 78.9 Å². The van der Waals surface area contributed by atoms with Gasteiger partial charge in [0.1, 0.15) is 5.75 Å². The Bertz CT molecular complexity index is 1010. The van der Waals surface area contributed by atoms with Crippen molar-refractivity contribution in [2.75, 3.05) is 19.0 Å². The number of ether oxygens (including phenoxy) is 3. The van der Waals surface area contributed by atoms with Crippen molar-refractivity contribution in [2.24, 2.45) is 0 Å². The monoisotopic (exact) mass is 409 g/mol. The second-order valence-electron chi connectivity index (χ2n) is 6.22. The van der Waals surface area contributed by atoms with Crippen LogP contribution in [0.25, 0.3) is 0 Å². The van der Waals surface area contributed by atoms with E-state index in [1.165, 1.54) is 25.3 Å². The van der Waals surface area contributed by atoms with Gasteiger partial charge >= 0.3 is 5.97 Å². The first-order valence-corrected chi connectivity index (χ1v) is 9.13. The summed E-state index contributed by atoms with van der Waals surface area (Å²) in [6.07, 6.45) is -1.21. The molecule has 3 rings (SSSR count). The Morgan fingerprint density at radius 3 is 2.43 bits per heavy atom. The smallest absolute Gasteiger partial charge is 0.345 e. The number of benzene rings is 3. The topological polar surface area (TPSA) is 73.9 Å². The minimum absolute atomic E-state index is 0.0773. The maximum atomic E-state index is 13.6. The number of methoxy groups -OCH3 is 1. The Balaban J connectivity index is 1.71. The fourth-order valence-corrected chi connectivity index (χ4v) is 2.67. The fraction of sp³-hybridized carbons (Fsp3) is 0.130. The Morgan fingerprint density at radius 1 is 0.967 bits per heavy atom. The lowest BCUT2D eigenvalue weighted by Gasteiger charge is -2.18. The van der Waals surface area contributed by atoms with Crippen LogP contribution in [0.2, 0.25) is 0 Å². The molecule has 0 fully saturated rings. The van der Waals surface area contributed by atoms with Gasteiger partial charge in [0, 0.05) is 17.3 Å². The molecular weight excluding hydrogens is 389 g/mol. The molecule has 154 valence electrons. The van der Waals surface area contributed by atoms with E-state index in [1.807, 2.05) is 0 Å². The molecule has 0 aliphatic carbocycles. The van der Waals surface area contributed by atoms with Gasteiger partial charge in [0.2, 0.25) is 6.10 Å². The van der Waals surface area contributed by atoms with Crippen LogP contribution >= 0.6 is 0 Å². The van der Waals surface area contributed by atoms with Crippen LogP contribution in [0.1, 0.15) is 11.7 Å². The number of nitrogens with one attached hydrogen (secondary N) is 1. The molecule has 0 aliphatic heterocycles. The molecule has 0 heterocycles. The first-order valence-electron chi connectivity index (χ1n) is 9.13. The molecule has 0 radical (unpaired) electrons. The first-order chi connectivity index (χ1) is 14.6. The average Bonchev–Trinajstić information content (AvgIpc) is 2.77. The Kier molecular flexibility index (Phi) is 7.00. The Hall–Kier alpha value is -3.87. The van der Waals surface area contributed by atoms with Crippen LogP contribution in [0.5, 0.6) is 11.5 Å². The summed E-state index contributed by atoms with van der Waals surface area (Å²) in [7, 11) is 1.52. The standard InChI is InChI=1S/C23H20FNO5/c1-28-18-11-7-10-17(14-18)25-23(27)22(16-8-3-2-4-9-16)30-21(26)15-29-20-13-6-5-12-19(20)24/h2-14,22H,15H2,1H3,(H,25,27). The molecule has 1 amide bonds. The highest BCUT2D eigenvalue weighted by Gasteiger charge is 2.25. The predicted molar refractivity (Wildman–Crippen MR) is 109 cm³/mol. The quantitative estimate of drug-likeness (QED) is 0.566. The Morgan fingerprint density at radius 2 is 1.70 bits per heavy atom. The Labute approximate surface area is 173 Å². The summed E-state index contributed by atoms with van der Waals surface area (Å²) in [6.45, 7) is -0.545. The number of rotatable bonds is 8. The highest BCUT2D eigenvalue weighted by atomic mass is 19.1. The van der Waals surface area contributed by atoms with Gasteiger partial charge in [-0.05, 0) is 24.3 Å². The second-order valence-corrected chi connectivity index (χ2v) is 6.22. The van der Waals surface area contributed by atoms with Gasteiger partial charge in [-0.25, -0.2) is 9.18 Å². The lowest BCUT2D eigenvalue weighted by atomic mass is 10.1. The third-order valence-corrected chi connectivity index (χ3v) is 4.11. The normalized spacial score (nSPS) is 11.3. The largest absolute Gasteiger partial charge is 0.497 e. The molecule has 30 heavy (non-hydrogen) atoms. The number of amides is 1. The van der Waals surface area contributed by atoms with Crippen molar-refractivity contribution >= 4 is 17.6 Å². The maximum Gasteiger partial charge on any atom is 0.345 e. The van der Waals surface area contributed by atoms with Crippen molar-refractivity contribution < 1.29 is 28.2 Å². The zero-order valence-electron chi connectivity index (χ0n) is 16.2. The van der Waals surface area contributed by atoms with Crippen molar-refractivity contribution in [1.29, 1.82) is 0 Å². The number of carbonyl (C=O) groups excluding carboxylic acids is 2. The molecule has 3 aromatic rings. The molecule has 1 atom stereocenters. The summed E-state index contributed by atoms with van der Waals surface area (Å²) in [5, 5.41) is 2.71.